The molecule has 6 aromatic rings. The van der Waals surface area contributed by atoms with E-state index in [1.165, 1.54) is 13.2 Å². The summed E-state index contributed by atoms with van der Waals surface area (Å²) in [5.74, 6) is 1.97. The number of methoxy groups -OCH3 is 2. The molecule has 0 unspecified atom stereocenters. The van der Waals surface area contributed by atoms with Gasteiger partial charge in [0.25, 0.3) is 5.91 Å². The minimum Gasteiger partial charge on any atom is -0.495 e. The molecule has 3 aromatic carbocycles. The molecule has 77 heavy (non-hydrogen) atoms. The van der Waals surface area contributed by atoms with E-state index in [-0.39, 0.29) is 30.3 Å². The maximum atomic E-state index is 13.5. The van der Waals surface area contributed by atoms with Crippen LogP contribution in [0.1, 0.15) is 36.0 Å². The Kier molecular flexibility index (Phi) is 18.9. The molecule has 4 heterocycles. The summed E-state index contributed by atoms with van der Waals surface area (Å²) in [5.41, 5.74) is 6.56. The fraction of sp³-hybridized carbons (Fsp3) is 0.411. The van der Waals surface area contributed by atoms with Gasteiger partial charge < -0.3 is 69.3 Å². The predicted octanol–water partition coefficient (Wildman–Crippen LogP) is 6.54. The molecule has 21 nitrogen and oxygen atoms in total. The van der Waals surface area contributed by atoms with Crippen LogP contribution in [-0.2, 0) is 26.1 Å². The second kappa shape index (κ2) is 26.3. The second-order valence-corrected chi connectivity index (χ2v) is 19.5. The Bertz CT molecular complexity index is 3030. The van der Waals surface area contributed by atoms with E-state index in [1.54, 1.807) is 49.7 Å². The van der Waals surface area contributed by atoms with Crippen molar-refractivity contribution in [2.24, 2.45) is 7.05 Å². The first-order chi connectivity index (χ1) is 37.3. The largest absolute Gasteiger partial charge is 0.495 e. The summed E-state index contributed by atoms with van der Waals surface area (Å²) in [5, 5.41) is 13.7. The van der Waals surface area contributed by atoms with E-state index >= 15 is 0 Å². The zero-order valence-electron chi connectivity index (χ0n) is 45.5. The molecule has 21 heteroatoms. The van der Waals surface area contributed by atoms with Crippen LogP contribution >= 0.6 is 0 Å². The van der Waals surface area contributed by atoms with Crippen molar-refractivity contribution in [2.45, 2.75) is 31.7 Å². The van der Waals surface area contributed by atoms with Crippen molar-refractivity contribution < 1.29 is 33.3 Å². The number of amides is 3. The number of fused-ring (bicyclic) bond motifs is 2. The van der Waals surface area contributed by atoms with E-state index in [4.69, 9.17) is 28.9 Å². The molecule has 3 amide bonds. The molecule has 1 fully saturated rings. The van der Waals surface area contributed by atoms with E-state index in [9.17, 15) is 14.4 Å². The van der Waals surface area contributed by atoms with Crippen LogP contribution in [0.5, 0.6) is 11.5 Å². The summed E-state index contributed by atoms with van der Waals surface area (Å²) in [6.45, 7) is 4.80. The minimum atomic E-state index is -0.279. The Labute approximate surface area is 450 Å². The number of likely N-dealkylation sites (N-methyl/N-ethyl adjacent to an activating group) is 4. The molecule has 408 valence electrons. The van der Waals surface area contributed by atoms with Gasteiger partial charge in [0.15, 0.2) is 5.82 Å². The monoisotopic (exact) mass is 1050 g/mol. The summed E-state index contributed by atoms with van der Waals surface area (Å²) >= 11 is 0. The third-order valence-corrected chi connectivity index (χ3v) is 13.7. The molecule has 0 spiro atoms. The van der Waals surface area contributed by atoms with E-state index in [1.807, 2.05) is 71.6 Å². The van der Waals surface area contributed by atoms with Gasteiger partial charge >= 0.3 is 0 Å². The summed E-state index contributed by atoms with van der Waals surface area (Å²) in [6, 6.07) is 19.2. The van der Waals surface area contributed by atoms with Gasteiger partial charge in [-0.15, -0.1) is 0 Å². The van der Waals surface area contributed by atoms with Crippen LogP contribution in [0.2, 0.25) is 0 Å². The standard InChI is InChI=1S/C56H72N14O7/c1-65(2)25-26-67(4)47-34-50(75-8)45(63-55-58-22-21-42(61-55)41-36-68(5)46-17-12-11-16-40(41)46)33-44(47)60-51(71)18-13-24-66(3)27-29-77-31-30-76-28-23-57-54(73)38-19-20-43(49(32-38)74-7)62-56-59-35-48-53(64-56)70(37-52(72)69(48)6)39-14-9-10-15-39/h11-13,16-22,32-36,39H,9-10,14-15,23-31,37H2,1-8H3,(H,57,73)(H,60,71)(H,58,61,63)(H,59,62,64)/b18-13+. The van der Waals surface area contributed by atoms with Gasteiger partial charge in [-0.05, 0) is 70.4 Å². The van der Waals surface area contributed by atoms with Crippen LogP contribution < -0.4 is 45.4 Å². The number of aryl methyl sites for hydroxylation is 1. The highest BCUT2D eigenvalue weighted by Gasteiger charge is 2.34. The van der Waals surface area contributed by atoms with Gasteiger partial charge in [0.1, 0.15) is 17.2 Å². The van der Waals surface area contributed by atoms with Gasteiger partial charge in [0.2, 0.25) is 23.7 Å². The van der Waals surface area contributed by atoms with Gasteiger partial charge in [-0.2, -0.15) is 4.98 Å². The molecule has 0 atom stereocenters. The predicted molar refractivity (Wildman–Crippen MR) is 303 cm³/mol. The average molecular weight is 1050 g/mol. The molecule has 8 rings (SSSR count). The summed E-state index contributed by atoms with van der Waals surface area (Å²) in [7, 11) is 14.9. The summed E-state index contributed by atoms with van der Waals surface area (Å²) in [6.07, 6.45) is 13.1. The number of ether oxygens (including phenoxy) is 4. The highest BCUT2D eigenvalue weighted by atomic mass is 16.5. The van der Waals surface area contributed by atoms with E-state index in [0.29, 0.717) is 104 Å². The number of aromatic nitrogens is 5. The van der Waals surface area contributed by atoms with E-state index in [0.717, 1.165) is 65.9 Å². The van der Waals surface area contributed by atoms with Crippen LogP contribution in [0.25, 0.3) is 22.2 Å². The summed E-state index contributed by atoms with van der Waals surface area (Å²) < 4.78 is 25.1. The molecule has 4 N–H and O–H groups in total. The molecule has 3 aromatic heterocycles. The van der Waals surface area contributed by atoms with Crippen LogP contribution in [-0.4, -0.2) is 173 Å². The maximum Gasteiger partial charge on any atom is 0.251 e. The van der Waals surface area contributed by atoms with Crippen LogP contribution in [0, 0.1) is 0 Å². The lowest BCUT2D eigenvalue weighted by Gasteiger charge is -2.37. The highest BCUT2D eigenvalue weighted by molar-refractivity contribution is 6.03. The number of nitrogens with zero attached hydrogens (tertiary/aromatic N) is 10. The van der Waals surface area contributed by atoms with Crippen molar-refractivity contribution in [2.75, 3.05) is 146 Å². The Morgan fingerprint density at radius 3 is 2.32 bits per heavy atom. The molecule has 1 aliphatic carbocycles. The minimum absolute atomic E-state index is 0.0192. The molecular weight excluding hydrogens is 981 g/mol. The van der Waals surface area contributed by atoms with Crippen molar-refractivity contribution in [1.82, 2.24) is 39.6 Å². The molecule has 0 saturated heterocycles. The molecular formula is C56H72N14O7. The van der Waals surface area contributed by atoms with Crippen LogP contribution in [0.4, 0.5) is 46.2 Å². The SMILES string of the molecule is COc1cc(N(C)CCN(C)C)c(NC(=O)/C=C/CN(C)CCOCCOCCNC(=O)c2ccc(Nc3ncc4c(n3)N(C3CCCC3)CC(=O)N4C)c(OC)c2)cc1Nc1nccc(-c2cn(C)c3ccccc23)n1. The van der Waals surface area contributed by atoms with E-state index < -0.39 is 0 Å². The highest BCUT2D eigenvalue weighted by Crippen LogP contribution is 2.40. The third-order valence-electron chi connectivity index (χ3n) is 13.7. The zero-order valence-corrected chi connectivity index (χ0v) is 45.5. The number of nitrogens with one attached hydrogen (secondary N) is 4. The smallest absolute Gasteiger partial charge is 0.251 e. The van der Waals surface area contributed by atoms with Crippen molar-refractivity contribution in [3.63, 3.8) is 0 Å². The van der Waals surface area contributed by atoms with Crippen molar-refractivity contribution in [3.05, 3.63) is 97.0 Å². The number of carbonyl (C=O) groups excluding carboxylic acids is 3. The fourth-order valence-corrected chi connectivity index (χ4v) is 9.35. The Morgan fingerprint density at radius 1 is 0.805 bits per heavy atom. The van der Waals surface area contributed by atoms with Crippen molar-refractivity contribution >= 4 is 74.8 Å². The zero-order chi connectivity index (χ0) is 54.4. The third kappa shape index (κ3) is 14.2. The maximum absolute atomic E-state index is 13.5. The lowest BCUT2D eigenvalue weighted by atomic mass is 10.1. The van der Waals surface area contributed by atoms with Gasteiger partial charge in [-0.1, -0.05) is 37.1 Å². The number of para-hydroxylation sites is 1. The van der Waals surface area contributed by atoms with Crippen LogP contribution in [0.3, 0.4) is 0 Å². The lowest BCUT2D eigenvalue weighted by Crippen LogP contribution is -2.48. The van der Waals surface area contributed by atoms with Crippen molar-refractivity contribution in [3.8, 4) is 22.8 Å². The van der Waals surface area contributed by atoms with Gasteiger partial charge in [0.05, 0.1) is 81.8 Å². The van der Waals surface area contributed by atoms with Crippen LogP contribution in [0.15, 0.2) is 91.4 Å². The lowest BCUT2D eigenvalue weighted by molar-refractivity contribution is -0.117. The summed E-state index contributed by atoms with van der Waals surface area (Å²) in [4.78, 5) is 68.0. The Hall–Kier alpha value is -7.85. The molecule has 0 radical (unpaired) electrons. The quantitative estimate of drug-likeness (QED) is 0.0336. The van der Waals surface area contributed by atoms with Crippen molar-refractivity contribution in [1.29, 1.82) is 0 Å². The topological polar surface area (TPSA) is 209 Å². The van der Waals surface area contributed by atoms with Gasteiger partial charge in [-0.3, -0.25) is 14.4 Å². The number of carbonyl (C=O) groups is 3. The van der Waals surface area contributed by atoms with E-state index in [2.05, 4.69) is 73.7 Å². The Morgan fingerprint density at radius 2 is 1.55 bits per heavy atom. The Balaban J connectivity index is 0.759. The second-order valence-electron chi connectivity index (χ2n) is 19.5. The molecule has 1 aliphatic heterocycles. The first-order valence-corrected chi connectivity index (χ1v) is 26.0. The van der Waals surface area contributed by atoms with Gasteiger partial charge in [-0.25, -0.2) is 15.0 Å². The van der Waals surface area contributed by atoms with Gasteiger partial charge in [0, 0.05) is 106 Å². The average Bonchev–Trinajstić information content (AvgIpc) is 4.09. The number of hydrogen-bond donors (Lipinski definition) is 4. The normalized spacial score (nSPS) is 13.7. The number of hydrogen-bond acceptors (Lipinski definition) is 17. The number of benzene rings is 3. The number of rotatable bonds is 26. The fourth-order valence-electron chi connectivity index (χ4n) is 9.35. The molecule has 1 saturated carbocycles. The first-order valence-electron chi connectivity index (χ1n) is 26.0. The number of anilines is 8. The molecule has 0 bridgehead atoms. The molecule has 2 aliphatic rings. The first kappa shape index (κ1) is 55.4.